The number of benzene rings is 1. The average Bonchev–Trinajstić information content (AvgIpc) is 2.46. The second kappa shape index (κ2) is 7.36. The van der Waals surface area contributed by atoms with E-state index in [-0.39, 0.29) is 5.43 Å². The van der Waals surface area contributed by atoms with Crippen LogP contribution in [0.4, 0.5) is 0 Å². The van der Waals surface area contributed by atoms with Gasteiger partial charge in [0, 0.05) is 32.0 Å². The van der Waals surface area contributed by atoms with Crippen molar-refractivity contribution in [2.45, 2.75) is 13.5 Å². The van der Waals surface area contributed by atoms with Crippen LogP contribution in [-0.4, -0.2) is 30.0 Å². The highest BCUT2D eigenvalue weighted by molar-refractivity contribution is 6.32. The lowest BCUT2D eigenvalue weighted by Gasteiger charge is -2.12. The van der Waals surface area contributed by atoms with E-state index in [0.717, 1.165) is 11.4 Å². The molecule has 0 amide bonds. The molecule has 0 aliphatic rings. The largest absolute Gasteiger partial charge is 0.383 e. The molecule has 0 radical (unpaired) electrons. The SMILES string of the molecule is COCCNCc1nn(-c2ccccc2Cl)c(C)cc1=O. The molecule has 0 bridgehead atoms. The van der Waals surface area contributed by atoms with Crippen molar-refractivity contribution in [2.24, 2.45) is 0 Å². The molecule has 0 unspecified atom stereocenters. The molecule has 0 saturated carbocycles. The third kappa shape index (κ3) is 3.91. The lowest BCUT2D eigenvalue weighted by atomic mass is 10.3. The van der Waals surface area contributed by atoms with Crippen LogP contribution in [0.25, 0.3) is 5.69 Å². The highest BCUT2D eigenvalue weighted by Gasteiger charge is 2.09. The van der Waals surface area contributed by atoms with Crippen LogP contribution in [0.2, 0.25) is 5.02 Å². The lowest BCUT2D eigenvalue weighted by molar-refractivity contribution is 0.199. The number of aromatic nitrogens is 2. The maximum Gasteiger partial charge on any atom is 0.204 e. The molecule has 0 aliphatic carbocycles. The number of nitrogens with zero attached hydrogens (tertiary/aromatic N) is 2. The van der Waals surface area contributed by atoms with Gasteiger partial charge in [-0.15, -0.1) is 0 Å². The third-order valence-corrected chi connectivity index (χ3v) is 3.35. The Morgan fingerprint density at radius 1 is 1.38 bits per heavy atom. The van der Waals surface area contributed by atoms with Crippen LogP contribution >= 0.6 is 11.6 Å². The van der Waals surface area contributed by atoms with Gasteiger partial charge >= 0.3 is 0 Å². The first kappa shape index (κ1) is 15.7. The van der Waals surface area contributed by atoms with Crippen LogP contribution in [0.5, 0.6) is 0 Å². The minimum atomic E-state index is -0.0827. The van der Waals surface area contributed by atoms with Gasteiger partial charge in [-0.1, -0.05) is 23.7 Å². The van der Waals surface area contributed by atoms with Gasteiger partial charge in [-0.2, -0.15) is 5.10 Å². The number of nitrogens with one attached hydrogen (secondary N) is 1. The number of hydrogen-bond donors (Lipinski definition) is 1. The first-order valence-corrected chi connectivity index (χ1v) is 7.05. The number of aryl methyl sites for hydroxylation is 1. The second-order valence-corrected chi connectivity index (χ2v) is 5.04. The molecule has 1 heterocycles. The van der Waals surface area contributed by atoms with E-state index < -0.39 is 0 Å². The maximum absolute atomic E-state index is 12.0. The minimum absolute atomic E-state index is 0.0827. The Balaban J connectivity index is 2.31. The summed E-state index contributed by atoms with van der Waals surface area (Å²) in [7, 11) is 1.64. The van der Waals surface area contributed by atoms with Gasteiger partial charge < -0.3 is 10.1 Å². The number of para-hydroxylation sites is 1. The minimum Gasteiger partial charge on any atom is -0.383 e. The van der Waals surface area contributed by atoms with E-state index in [1.54, 1.807) is 23.9 Å². The zero-order valence-corrected chi connectivity index (χ0v) is 12.9. The van der Waals surface area contributed by atoms with Gasteiger partial charge in [0.15, 0.2) is 0 Å². The summed E-state index contributed by atoms with van der Waals surface area (Å²) in [6, 6.07) is 8.99. The maximum atomic E-state index is 12.0. The molecule has 0 fully saturated rings. The van der Waals surface area contributed by atoms with Gasteiger partial charge in [0.05, 0.1) is 17.3 Å². The van der Waals surface area contributed by atoms with Gasteiger partial charge in [0.1, 0.15) is 5.69 Å². The molecular weight excluding hydrogens is 290 g/mol. The molecule has 0 atom stereocenters. The van der Waals surface area contributed by atoms with Crippen molar-refractivity contribution in [1.29, 1.82) is 0 Å². The van der Waals surface area contributed by atoms with E-state index in [0.29, 0.717) is 30.4 Å². The van der Waals surface area contributed by atoms with Crippen molar-refractivity contribution in [3.8, 4) is 5.69 Å². The molecule has 2 rings (SSSR count). The normalized spacial score (nSPS) is 10.8. The van der Waals surface area contributed by atoms with Crippen molar-refractivity contribution in [3.63, 3.8) is 0 Å². The van der Waals surface area contributed by atoms with Crippen LogP contribution in [0.1, 0.15) is 11.4 Å². The van der Waals surface area contributed by atoms with Crippen LogP contribution in [0.3, 0.4) is 0 Å². The quantitative estimate of drug-likeness (QED) is 0.829. The molecule has 1 aromatic carbocycles. The summed E-state index contributed by atoms with van der Waals surface area (Å²) in [6.45, 7) is 3.48. The van der Waals surface area contributed by atoms with E-state index in [1.807, 2.05) is 25.1 Å². The smallest absolute Gasteiger partial charge is 0.204 e. The number of ether oxygens (including phenoxy) is 1. The number of rotatable bonds is 6. The van der Waals surface area contributed by atoms with Crippen LogP contribution in [-0.2, 0) is 11.3 Å². The molecule has 0 saturated heterocycles. The van der Waals surface area contributed by atoms with Gasteiger partial charge in [-0.25, -0.2) is 4.68 Å². The summed E-state index contributed by atoms with van der Waals surface area (Å²) in [6.07, 6.45) is 0. The molecule has 0 aliphatic heterocycles. The lowest BCUT2D eigenvalue weighted by Crippen LogP contribution is -2.26. The van der Waals surface area contributed by atoms with E-state index in [2.05, 4.69) is 10.4 Å². The fourth-order valence-electron chi connectivity index (χ4n) is 1.95. The summed E-state index contributed by atoms with van der Waals surface area (Å²) < 4.78 is 6.65. The standard InChI is InChI=1S/C15H18ClN3O2/c1-11-9-15(20)13(10-17-7-8-21-2)18-19(11)14-6-4-3-5-12(14)16/h3-6,9,17H,7-8,10H2,1-2H3. The Morgan fingerprint density at radius 3 is 2.86 bits per heavy atom. The first-order valence-electron chi connectivity index (χ1n) is 6.68. The fraction of sp³-hybridized carbons (Fsp3) is 0.333. The van der Waals surface area contributed by atoms with Gasteiger partial charge in [-0.05, 0) is 19.1 Å². The first-order chi connectivity index (χ1) is 10.1. The molecule has 5 nitrogen and oxygen atoms in total. The van der Waals surface area contributed by atoms with Crippen LogP contribution in [0, 0.1) is 6.92 Å². The Kier molecular flexibility index (Phi) is 5.50. The van der Waals surface area contributed by atoms with Gasteiger partial charge in [0.2, 0.25) is 5.43 Å². The average molecular weight is 308 g/mol. The Morgan fingerprint density at radius 2 is 2.14 bits per heavy atom. The Bertz CT molecular complexity index is 670. The highest BCUT2D eigenvalue weighted by Crippen LogP contribution is 2.19. The highest BCUT2D eigenvalue weighted by atomic mass is 35.5. The number of methoxy groups -OCH3 is 1. The summed E-state index contributed by atoms with van der Waals surface area (Å²) >= 11 is 6.20. The Hall–Kier alpha value is -1.69. The second-order valence-electron chi connectivity index (χ2n) is 4.63. The van der Waals surface area contributed by atoms with E-state index in [1.165, 1.54) is 0 Å². The van der Waals surface area contributed by atoms with E-state index >= 15 is 0 Å². The molecule has 21 heavy (non-hydrogen) atoms. The Labute approximate surface area is 128 Å². The van der Waals surface area contributed by atoms with E-state index in [4.69, 9.17) is 16.3 Å². The zero-order valence-electron chi connectivity index (χ0n) is 12.1. The van der Waals surface area contributed by atoms with Crippen LogP contribution < -0.4 is 10.7 Å². The number of hydrogen-bond acceptors (Lipinski definition) is 4. The van der Waals surface area contributed by atoms with E-state index in [9.17, 15) is 4.79 Å². The summed E-state index contributed by atoms with van der Waals surface area (Å²) in [5.41, 5.74) is 1.88. The van der Waals surface area contributed by atoms with Crippen molar-refractivity contribution < 1.29 is 4.74 Å². The summed E-state index contributed by atoms with van der Waals surface area (Å²) in [5, 5.41) is 8.13. The molecular formula is C15H18ClN3O2. The van der Waals surface area contributed by atoms with Crippen LogP contribution in [0.15, 0.2) is 35.1 Å². The molecule has 0 spiro atoms. The van der Waals surface area contributed by atoms with Gasteiger partial charge in [0.25, 0.3) is 0 Å². The predicted octanol–water partition coefficient (Wildman–Crippen LogP) is 1.93. The van der Waals surface area contributed by atoms with Crippen molar-refractivity contribution in [3.05, 3.63) is 57.0 Å². The molecule has 2 aromatic rings. The molecule has 1 aromatic heterocycles. The predicted molar refractivity (Wildman–Crippen MR) is 83.2 cm³/mol. The molecule has 112 valence electrons. The summed E-state index contributed by atoms with van der Waals surface area (Å²) in [4.78, 5) is 12.0. The summed E-state index contributed by atoms with van der Waals surface area (Å²) in [5.74, 6) is 0. The van der Waals surface area contributed by atoms with Crippen molar-refractivity contribution >= 4 is 11.6 Å². The van der Waals surface area contributed by atoms with Gasteiger partial charge in [-0.3, -0.25) is 4.79 Å². The zero-order chi connectivity index (χ0) is 15.2. The third-order valence-electron chi connectivity index (χ3n) is 3.04. The van der Waals surface area contributed by atoms with Crippen molar-refractivity contribution in [1.82, 2.24) is 15.1 Å². The molecule has 6 heteroatoms. The fourth-order valence-corrected chi connectivity index (χ4v) is 2.17. The number of halogens is 1. The topological polar surface area (TPSA) is 56.1 Å². The monoisotopic (exact) mass is 307 g/mol. The van der Waals surface area contributed by atoms with Crippen molar-refractivity contribution in [2.75, 3.05) is 20.3 Å². The molecule has 1 N–H and O–H groups in total.